The van der Waals surface area contributed by atoms with Gasteiger partial charge < -0.3 is 10.1 Å². The lowest BCUT2D eigenvalue weighted by atomic mass is 9.89. The van der Waals surface area contributed by atoms with Crippen LogP contribution < -0.4 is 5.32 Å². The topological polar surface area (TPSA) is 50.7 Å². The standard InChI is InChI=1S/C30H36N2O2/c1-22(2)20-34-21-27-11-8-12-29(19-27)24(4)32-30(33)31-23(3)28-17-15-26(16-18-28)14-13-25-9-6-5-7-10-25/h8,11-12,15-19,22,25H,4-7,9-10,20-21H2,1-3H3,(H,32,33)/b31-23+. The molecule has 178 valence electrons. The molecule has 0 saturated heterocycles. The second-order valence-corrected chi connectivity index (χ2v) is 9.40. The van der Waals surface area contributed by atoms with E-state index < -0.39 is 6.03 Å². The van der Waals surface area contributed by atoms with Gasteiger partial charge in [-0.3, -0.25) is 0 Å². The number of amides is 2. The van der Waals surface area contributed by atoms with Gasteiger partial charge in [0.1, 0.15) is 0 Å². The monoisotopic (exact) mass is 456 g/mol. The van der Waals surface area contributed by atoms with E-state index in [0.717, 1.165) is 22.3 Å². The van der Waals surface area contributed by atoms with Gasteiger partial charge in [0.2, 0.25) is 0 Å². The quantitative estimate of drug-likeness (QED) is 0.361. The number of ether oxygens (including phenoxy) is 1. The van der Waals surface area contributed by atoms with E-state index in [9.17, 15) is 4.79 Å². The summed E-state index contributed by atoms with van der Waals surface area (Å²) >= 11 is 0. The van der Waals surface area contributed by atoms with E-state index in [0.29, 0.717) is 36.5 Å². The van der Waals surface area contributed by atoms with Gasteiger partial charge >= 0.3 is 6.03 Å². The highest BCUT2D eigenvalue weighted by molar-refractivity contribution is 6.05. The molecule has 2 aromatic carbocycles. The van der Waals surface area contributed by atoms with Gasteiger partial charge in [-0.15, -0.1) is 0 Å². The number of nitrogens with one attached hydrogen (secondary N) is 1. The average molecular weight is 457 g/mol. The molecule has 1 saturated carbocycles. The van der Waals surface area contributed by atoms with Crippen molar-refractivity contribution in [2.75, 3.05) is 6.61 Å². The van der Waals surface area contributed by atoms with Gasteiger partial charge in [-0.25, -0.2) is 4.79 Å². The zero-order chi connectivity index (χ0) is 24.3. The molecule has 0 spiro atoms. The number of hydrogen-bond donors (Lipinski definition) is 1. The van der Waals surface area contributed by atoms with E-state index in [1.807, 2.05) is 55.5 Å². The Labute approximate surface area is 204 Å². The molecule has 0 bridgehead atoms. The van der Waals surface area contributed by atoms with Gasteiger partial charge in [0.15, 0.2) is 0 Å². The van der Waals surface area contributed by atoms with Gasteiger partial charge in [0.25, 0.3) is 0 Å². The minimum Gasteiger partial charge on any atom is -0.377 e. The molecule has 0 atom stereocenters. The summed E-state index contributed by atoms with van der Waals surface area (Å²) in [5.74, 6) is 7.73. The molecule has 3 rings (SSSR count). The third kappa shape index (κ3) is 8.32. The van der Waals surface area contributed by atoms with Gasteiger partial charge in [0, 0.05) is 23.8 Å². The van der Waals surface area contributed by atoms with Gasteiger partial charge in [0.05, 0.1) is 12.3 Å². The van der Waals surface area contributed by atoms with Crippen molar-refractivity contribution >= 4 is 17.4 Å². The van der Waals surface area contributed by atoms with Crippen molar-refractivity contribution in [3.63, 3.8) is 0 Å². The van der Waals surface area contributed by atoms with E-state index in [-0.39, 0.29) is 0 Å². The van der Waals surface area contributed by atoms with Crippen LogP contribution >= 0.6 is 0 Å². The SMILES string of the molecule is C=C(NC(=O)/N=C(\C)c1ccc(C#CC2CCCCC2)cc1)c1cccc(COCC(C)C)c1. The molecule has 1 aliphatic carbocycles. The minimum absolute atomic E-state index is 0.440. The first kappa shape index (κ1) is 25.5. The number of rotatable bonds is 7. The van der Waals surface area contributed by atoms with Crippen LogP contribution in [0.25, 0.3) is 5.70 Å². The average Bonchev–Trinajstić information content (AvgIpc) is 2.83. The Morgan fingerprint density at radius 3 is 2.56 bits per heavy atom. The summed E-state index contributed by atoms with van der Waals surface area (Å²) in [7, 11) is 0. The number of nitrogens with zero attached hydrogens (tertiary/aromatic N) is 1. The lowest BCUT2D eigenvalue weighted by Crippen LogP contribution is -2.19. The van der Waals surface area contributed by atoms with Gasteiger partial charge in [-0.1, -0.05) is 81.9 Å². The van der Waals surface area contributed by atoms with E-state index in [4.69, 9.17) is 4.74 Å². The van der Waals surface area contributed by atoms with E-state index in [1.165, 1.54) is 32.1 Å². The molecule has 0 aromatic heterocycles. The smallest absolute Gasteiger partial charge is 0.345 e. The van der Waals surface area contributed by atoms with Gasteiger partial charge in [-0.2, -0.15) is 4.99 Å². The summed E-state index contributed by atoms with van der Waals surface area (Å²) in [6.07, 6.45) is 6.36. The third-order valence-electron chi connectivity index (χ3n) is 5.85. The Morgan fingerprint density at radius 1 is 1.12 bits per heavy atom. The van der Waals surface area contributed by atoms with Crippen molar-refractivity contribution in [1.29, 1.82) is 0 Å². The van der Waals surface area contributed by atoms with Crippen LogP contribution in [0.1, 0.15) is 75.1 Å². The minimum atomic E-state index is -0.440. The van der Waals surface area contributed by atoms with Crippen molar-refractivity contribution in [2.45, 2.75) is 59.5 Å². The van der Waals surface area contributed by atoms with Crippen LogP contribution in [-0.2, 0) is 11.3 Å². The molecule has 1 N–H and O–H groups in total. The summed E-state index contributed by atoms with van der Waals surface area (Å²) in [5, 5.41) is 2.78. The predicted octanol–water partition coefficient (Wildman–Crippen LogP) is 6.98. The molecular weight excluding hydrogens is 420 g/mol. The molecule has 0 radical (unpaired) electrons. The lowest BCUT2D eigenvalue weighted by molar-refractivity contribution is 0.0971. The Morgan fingerprint density at radius 2 is 1.85 bits per heavy atom. The van der Waals surface area contributed by atoms with Crippen LogP contribution in [0.5, 0.6) is 0 Å². The molecule has 2 amide bonds. The van der Waals surface area contributed by atoms with E-state index in [2.05, 4.69) is 42.6 Å². The zero-order valence-electron chi connectivity index (χ0n) is 20.7. The molecule has 0 heterocycles. The second-order valence-electron chi connectivity index (χ2n) is 9.40. The number of urea groups is 1. The van der Waals surface area contributed by atoms with Crippen LogP contribution in [-0.4, -0.2) is 18.3 Å². The largest absolute Gasteiger partial charge is 0.377 e. The molecule has 4 heteroatoms. The molecule has 1 aliphatic rings. The maximum absolute atomic E-state index is 12.5. The summed E-state index contributed by atoms with van der Waals surface area (Å²) in [6, 6.07) is 15.3. The van der Waals surface area contributed by atoms with Crippen molar-refractivity contribution in [3.05, 3.63) is 77.4 Å². The molecular formula is C30H36N2O2. The normalized spacial score (nSPS) is 14.4. The van der Waals surface area contributed by atoms with Crippen molar-refractivity contribution in [2.24, 2.45) is 16.8 Å². The summed E-state index contributed by atoms with van der Waals surface area (Å²) < 4.78 is 5.71. The maximum atomic E-state index is 12.5. The third-order valence-corrected chi connectivity index (χ3v) is 5.85. The van der Waals surface area contributed by atoms with Crippen molar-refractivity contribution < 1.29 is 9.53 Å². The fourth-order valence-electron chi connectivity index (χ4n) is 3.93. The Balaban J connectivity index is 1.56. The van der Waals surface area contributed by atoms with Crippen LogP contribution in [0.15, 0.2) is 60.1 Å². The summed E-state index contributed by atoms with van der Waals surface area (Å²) in [4.78, 5) is 16.7. The summed E-state index contributed by atoms with van der Waals surface area (Å²) in [5.41, 5.74) is 4.94. The molecule has 4 nitrogen and oxygen atoms in total. The predicted molar refractivity (Wildman–Crippen MR) is 141 cm³/mol. The van der Waals surface area contributed by atoms with Crippen molar-refractivity contribution in [1.82, 2.24) is 5.32 Å². The number of hydrogen-bond acceptors (Lipinski definition) is 2. The Bertz CT molecular complexity index is 1060. The molecule has 2 aromatic rings. The summed E-state index contributed by atoms with van der Waals surface area (Å²) in [6.45, 7) is 11.3. The zero-order valence-corrected chi connectivity index (χ0v) is 20.7. The van der Waals surface area contributed by atoms with Crippen LogP contribution in [0.2, 0.25) is 0 Å². The Kier molecular flexibility index (Phi) is 9.67. The molecule has 1 fully saturated rings. The highest BCUT2D eigenvalue weighted by Crippen LogP contribution is 2.22. The first-order chi connectivity index (χ1) is 16.4. The highest BCUT2D eigenvalue weighted by atomic mass is 16.5. The van der Waals surface area contributed by atoms with Crippen LogP contribution in [0.3, 0.4) is 0 Å². The fraction of sp³-hybridized carbons (Fsp3) is 0.400. The number of aliphatic imine (C=N–C) groups is 1. The van der Waals surface area contributed by atoms with Crippen molar-refractivity contribution in [3.8, 4) is 11.8 Å². The lowest BCUT2D eigenvalue weighted by Gasteiger charge is -2.15. The van der Waals surface area contributed by atoms with Gasteiger partial charge in [-0.05, 0) is 60.6 Å². The van der Waals surface area contributed by atoms with Crippen LogP contribution in [0, 0.1) is 23.7 Å². The maximum Gasteiger partial charge on any atom is 0.345 e. The molecule has 0 unspecified atom stereocenters. The fourth-order valence-corrected chi connectivity index (χ4v) is 3.93. The van der Waals surface area contributed by atoms with E-state index >= 15 is 0 Å². The Hall–Kier alpha value is -3.16. The number of carbonyl (C=O) groups is 1. The molecule has 34 heavy (non-hydrogen) atoms. The number of carbonyl (C=O) groups excluding carboxylic acids is 1. The highest BCUT2D eigenvalue weighted by Gasteiger charge is 2.10. The first-order valence-corrected chi connectivity index (χ1v) is 12.2. The van der Waals surface area contributed by atoms with Crippen LogP contribution in [0.4, 0.5) is 4.79 Å². The first-order valence-electron chi connectivity index (χ1n) is 12.2. The second kappa shape index (κ2) is 12.9. The van der Waals surface area contributed by atoms with E-state index in [1.54, 1.807) is 0 Å². The number of benzene rings is 2. The molecule has 0 aliphatic heterocycles.